The molecule has 0 saturated carbocycles. The van der Waals surface area contributed by atoms with Crippen molar-refractivity contribution in [1.82, 2.24) is 10.3 Å². The zero-order valence-electron chi connectivity index (χ0n) is 9.90. The van der Waals surface area contributed by atoms with E-state index in [1.807, 2.05) is 25.3 Å². The molecule has 0 aliphatic heterocycles. The van der Waals surface area contributed by atoms with Crippen molar-refractivity contribution in [3.63, 3.8) is 0 Å². The second-order valence-electron chi connectivity index (χ2n) is 4.09. The molecule has 0 spiro atoms. The van der Waals surface area contributed by atoms with Crippen LogP contribution in [0.25, 0.3) is 0 Å². The van der Waals surface area contributed by atoms with Gasteiger partial charge in [-0.05, 0) is 42.5 Å². The Morgan fingerprint density at radius 1 is 1.47 bits per heavy atom. The number of nitrogens with zero attached hydrogens (tertiary/aromatic N) is 1. The van der Waals surface area contributed by atoms with E-state index in [9.17, 15) is 0 Å². The summed E-state index contributed by atoms with van der Waals surface area (Å²) in [4.78, 5) is 4.27. The van der Waals surface area contributed by atoms with Gasteiger partial charge in [-0.3, -0.25) is 4.98 Å². The average Bonchev–Trinajstić information content (AvgIpc) is 2.75. The molecule has 0 bridgehead atoms. The molecule has 2 aromatic heterocycles. The highest BCUT2D eigenvalue weighted by molar-refractivity contribution is 7.14. The van der Waals surface area contributed by atoms with E-state index in [2.05, 4.69) is 28.7 Å². The zero-order valence-corrected chi connectivity index (χ0v) is 11.5. The molecular formula is C13H15ClN2S. The van der Waals surface area contributed by atoms with Crippen molar-refractivity contribution in [3.8, 4) is 0 Å². The molecule has 2 aromatic rings. The summed E-state index contributed by atoms with van der Waals surface area (Å²) < 4.78 is 0.839. The molecule has 1 N–H and O–H groups in total. The number of halogens is 1. The minimum Gasteiger partial charge on any atom is -0.306 e. The minimum atomic E-state index is 0.306. The monoisotopic (exact) mass is 266 g/mol. The highest BCUT2D eigenvalue weighted by atomic mass is 35.5. The second-order valence-corrected chi connectivity index (χ2v) is 5.64. The van der Waals surface area contributed by atoms with E-state index in [1.165, 1.54) is 11.1 Å². The number of nitrogens with one attached hydrogen (secondary N) is 1. The van der Waals surface area contributed by atoms with Gasteiger partial charge in [-0.1, -0.05) is 17.7 Å². The van der Waals surface area contributed by atoms with E-state index < -0.39 is 0 Å². The standard InChI is InChI=1S/C13H15ClN2S/c1-9-3-4-11(6-15-9)7-16-10(2)12-5-13(14)17-8-12/h3-6,8,10,16H,7H2,1-2H3. The Bertz CT molecular complexity index is 478. The molecule has 0 radical (unpaired) electrons. The Hall–Kier alpha value is -0.900. The molecule has 90 valence electrons. The van der Waals surface area contributed by atoms with Crippen LogP contribution in [0.2, 0.25) is 4.34 Å². The molecular weight excluding hydrogens is 252 g/mol. The summed E-state index contributed by atoms with van der Waals surface area (Å²) in [6.45, 7) is 4.95. The van der Waals surface area contributed by atoms with Crippen LogP contribution in [0.3, 0.4) is 0 Å². The molecule has 0 amide bonds. The summed E-state index contributed by atoms with van der Waals surface area (Å²) >= 11 is 7.49. The van der Waals surface area contributed by atoms with Crippen molar-refractivity contribution >= 4 is 22.9 Å². The third-order valence-electron chi connectivity index (χ3n) is 2.67. The molecule has 2 nitrogen and oxygen atoms in total. The van der Waals surface area contributed by atoms with Gasteiger partial charge >= 0.3 is 0 Å². The number of thiophene rings is 1. The van der Waals surface area contributed by atoms with Gasteiger partial charge in [0.05, 0.1) is 4.34 Å². The van der Waals surface area contributed by atoms with Crippen molar-refractivity contribution < 1.29 is 0 Å². The first-order chi connectivity index (χ1) is 8.15. The summed E-state index contributed by atoms with van der Waals surface area (Å²) in [5.41, 5.74) is 3.48. The van der Waals surface area contributed by atoms with Gasteiger partial charge in [0.25, 0.3) is 0 Å². The third-order valence-corrected chi connectivity index (χ3v) is 3.78. The molecule has 1 atom stereocenters. The fraction of sp³-hybridized carbons (Fsp3) is 0.308. The number of aryl methyl sites for hydroxylation is 1. The largest absolute Gasteiger partial charge is 0.306 e. The van der Waals surface area contributed by atoms with E-state index in [0.29, 0.717) is 6.04 Å². The SMILES string of the molecule is Cc1ccc(CNC(C)c2csc(Cl)c2)cn1. The summed E-state index contributed by atoms with van der Waals surface area (Å²) in [5.74, 6) is 0. The molecule has 2 rings (SSSR count). The van der Waals surface area contributed by atoms with Gasteiger partial charge in [0.2, 0.25) is 0 Å². The number of hydrogen-bond acceptors (Lipinski definition) is 3. The Kier molecular flexibility index (Phi) is 4.15. The summed E-state index contributed by atoms with van der Waals surface area (Å²) in [5, 5.41) is 5.55. The Labute approximate surface area is 111 Å². The first kappa shape index (κ1) is 12.6. The Morgan fingerprint density at radius 3 is 2.88 bits per heavy atom. The molecule has 1 unspecified atom stereocenters. The predicted molar refractivity (Wildman–Crippen MR) is 73.6 cm³/mol. The normalized spacial score (nSPS) is 12.6. The van der Waals surface area contributed by atoms with Crippen LogP contribution in [0.1, 0.15) is 29.8 Å². The number of hydrogen-bond donors (Lipinski definition) is 1. The fourth-order valence-electron chi connectivity index (χ4n) is 1.54. The van der Waals surface area contributed by atoms with Gasteiger partial charge in [0, 0.05) is 24.5 Å². The summed E-state index contributed by atoms with van der Waals surface area (Å²) in [7, 11) is 0. The van der Waals surface area contributed by atoms with Gasteiger partial charge < -0.3 is 5.32 Å². The lowest BCUT2D eigenvalue weighted by Crippen LogP contribution is -2.17. The van der Waals surface area contributed by atoms with Crippen LogP contribution in [-0.2, 0) is 6.54 Å². The lowest BCUT2D eigenvalue weighted by atomic mass is 10.1. The molecule has 0 aliphatic carbocycles. The maximum atomic E-state index is 5.92. The van der Waals surface area contributed by atoms with E-state index in [1.54, 1.807) is 11.3 Å². The number of pyridine rings is 1. The molecule has 0 saturated heterocycles. The van der Waals surface area contributed by atoms with Crippen molar-refractivity contribution in [2.45, 2.75) is 26.4 Å². The number of aromatic nitrogens is 1. The molecule has 17 heavy (non-hydrogen) atoms. The third kappa shape index (κ3) is 3.53. The summed E-state index contributed by atoms with van der Waals surface area (Å²) in [6.07, 6.45) is 1.91. The van der Waals surface area contributed by atoms with Crippen LogP contribution < -0.4 is 5.32 Å². The Morgan fingerprint density at radius 2 is 2.29 bits per heavy atom. The second kappa shape index (κ2) is 5.63. The van der Waals surface area contributed by atoms with Crippen molar-refractivity contribution in [2.75, 3.05) is 0 Å². The lowest BCUT2D eigenvalue weighted by molar-refractivity contribution is 0.575. The van der Waals surface area contributed by atoms with Crippen LogP contribution in [0, 0.1) is 6.92 Å². The Balaban J connectivity index is 1.92. The summed E-state index contributed by atoms with van der Waals surface area (Å²) in [6, 6.07) is 6.45. The van der Waals surface area contributed by atoms with Crippen LogP contribution in [0.4, 0.5) is 0 Å². The van der Waals surface area contributed by atoms with Gasteiger partial charge in [0.15, 0.2) is 0 Å². The molecule has 0 aliphatic rings. The van der Waals surface area contributed by atoms with Gasteiger partial charge in [-0.15, -0.1) is 11.3 Å². The highest BCUT2D eigenvalue weighted by Gasteiger charge is 2.06. The lowest BCUT2D eigenvalue weighted by Gasteiger charge is -2.12. The molecule has 2 heterocycles. The highest BCUT2D eigenvalue weighted by Crippen LogP contribution is 2.24. The fourth-order valence-corrected chi connectivity index (χ4v) is 2.53. The van der Waals surface area contributed by atoms with Crippen molar-refractivity contribution in [3.05, 3.63) is 50.9 Å². The van der Waals surface area contributed by atoms with E-state index in [4.69, 9.17) is 11.6 Å². The van der Waals surface area contributed by atoms with Crippen LogP contribution in [0.15, 0.2) is 29.8 Å². The molecule has 0 aromatic carbocycles. The van der Waals surface area contributed by atoms with E-state index in [-0.39, 0.29) is 0 Å². The van der Waals surface area contributed by atoms with Gasteiger partial charge in [0.1, 0.15) is 0 Å². The van der Waals surface area contributed by atoms with Crippen molar-refractivity contribution in [1.29, 1.82) is 0 Å². The smallest absolute Gasteiger partial charge is 0.0931 e. The first-order valence-electron chi connectivity index (χ1n) is 5.54. The van der Waals surface area contributed by atoms with Gasteiger partial charge in [-0.25, -0.2) is 0 Å². The van der Waals surface area contributed by atoms with Crippen LogP contribution in [0.5, 0.6) is 0 Å². The topological polar surface area (TPSA) is 24.9 Å². The predicted octanol–water partition coefficient (Wildman–Crippen LogP) is 3.96. The molecule has 0 fully saturated rings. The number of rotatable bonds is 4. The van der Waals surface area contributed by atoms with Crippen LogP contribution in [-0.4, -0.2) is 4.98 Å². The quantitative estimate of drug-likeness (QED) is 0.906. The zero-order chi connectivity index (χ0) is 12.3. The molecule has 4 heteroatoms. The minimum absolute atomic E-state index is 0.306. The van der Waals surface area contributed by atoms with E-state index >= 15 is 0 Å². The maximum Gasteiger partial charge on any atom is 0.0931 e. The first-order valence-corrected chi connectivity index (χ1v) is 6.80. The van der Waals surface area contributed by atoms with E-state index in [0.717, 1.165) is 16.6 Å². The van der Waals surface area contributed by atoms with Crippen molar-refractivity contribution in [2.24, 2.45) is 0 Å². The average molecular weight is 267 g/mol. The van der Waals surface area contributed by atoms with Crippen LogP contribution >= 0.6 is 22.9 Å². The van der Waals surface area contributed by atoms with Gasteiger partial charge in [-0.2, -0.15) is 0 Å². The maximum absolute atomic E-state index is 5.92.